The van der Waals surface area contributed by atoms with E-state index in [-0.39, 0.29) is 16.1 Å². The molecule has 3 aliphatic rings. The summed E-state index contributed by atoms with van der Waals surface area (Å²) >= 11 is 6.53. The van der Waals surface area contributed by atoms with Crippen molar-refractivity contribution in [3.63, 3.8) is 0 Å². The van der Waals surface area contributed by atoms with E-state index in [0.717, 1.165) is 25.7 Å². The second-order valence-corrected chi connectivity index (χ2v) is 5.75. The highest BCUT2D eigenvalue weighted by molar-refractivity contribution is 6.25. The molecule has 3 rings (SSSR count). The first-order chi connectivity index (χ1) is 5.37. The van der Waals surface area contributed by atoms with Gasteiger partial charge in [-0.3, -0.25) is 0 Å². The summed E-state index contributed by atoms with van der Waals surface area (Å²) < 4.78 is 6.03. The van der Waals surface area contributed by atoms with E-state index in [1.165, 1.54) is 0 Å². The van der Waals surface area contributed by atoms with E-state index in [4.69, 9.17) is 16.3 Å². The predicted octanol–water partition coefficient (Wildman–Crippen LogP) is 3.11. The Morgan fingerprint density at radius 3 is 1.83 bits per heavy atom. The van der Waals surface area contributed by atoms with E-state index in [0.29, 0.717) is 0 Å². The van der Waals surface area contributed by atoms with Crippen LogP contribution in [-0.2, 0) is 4.74 Å². The lowest BCUT2D eigenvalue weighted by Crippen LogP contribution is -2.62. The topological polar surface area (TPSA) is 9.23 Å². The Labute approximate surface area is 79.4 Å². The number of hydrogen-bond donors (Lipinski definition) is 0. The maximum Gasteiger partial charge on any atom is 0.0824 e. The van der Waals surface area contributed by atoms with Crippen LogP contribution in [0.5, 0.6) is 0 Å². The molecule has 1 nitrogen and oxygen atoms in total. The largest absolute Gasteiger partial charge is 0.368 e. The minimum atomic E-state index is -0.139. The average Bonchev–Trinajstić information content (AvgIpc) is 1.92. The molecule has 2 heteroatoms. The molecule has 0 aromatic heterocycles. The lowest BCUT2D eigenvalue weighted by atomic mass is 9.68. The summed E-state index contributed by atoms with van der Waals surface area (Å²) in [6, 6.07) is 0. The van der Waals surface area contributed by atoms with E-state index in [2.05, 4.69) is 20.8 Å². The lowest BCUT2D eigenvalue weighted by Gasteiger charge is -2.58. The Bertz CT molecular complexity index is 202. The van der Waals surface area contributed by atoms with Crippen LogP contribution in [0.15, 0.2) is 0 Å². The Morgan fingerprint density at radius 2 is 1.50 bits per heavy atom. The molecule has 0 spiro atoms. The molecule has 0 N–H and O–H groups in total. The number of fused-ring (bicyclic) bond motifs is 3. The number of halogens is 1. The van der Waals surface area contributed by atoms with Crippen LogP contribution in [0.1, 0.15) is 46.5 Å². The van der Waals surface area contributed by atoms with Gasteiger partial charge in [-0.05, 0) is 46.5 Å². The average molecular weight is 189 g/mol. The Balaban J connectivity index is 2.32. The van der Waals surface area contributed by atoms with Crippen molar-refractivity contribution < 1.29 is 4.74 Å². The second kappa shape index (κ2) is 2.19. The Hall–Kier alpha value is 0.250. The van der Waals surface area contributed by atoms with Gasteiger partial charge in [0, 0.05) is 0 Å². The minimum absolute atomic E-state index is 0.0925. The van der Waals surface area contributed by atoms with Gasteiger partial charge in [-0.1, -0.05) is 0 Å². The maximum absolute atomic E-state index is 6.53. The number of rotatable bonds is 0. The van der Waals surface area contributed by atoms with Crippen molar-refractivity contribution in [3.8, 4) is 0 Å². The molecule has 3 fully saturated rings. The molecule has 12 heavy (non-hydrogen) atoms. The molecule has 2 aliphatic heterocycles. The van der Waals surface area contributed by atoms with Gasteiger partial charge >= 0.3 is 0 Å². The molecule has 1 saturated carbocycles. The molecule has 70 valence electrons. The fraction of sp³-hybridized carbons (Fsp3) is 1.00. The zero-order valence-corrected chi connectivity index (χ0v) is 8.87. The van der Waals surface area contributed by atoms with Crippen LogP contribution >= 0.6 is 11.6 Å². The van der Waals surface area contributed by atoms with Crippen molar-refractivity contribution in [1.82, 2.24) is 0 Å². The van der Waals surface area contributed by atoms with Gasteiger partial charge in [-0.25, -0.2) is 0 Å². The van der Waals surface area contributed by atoms with Crippen molar-refractivity contribution in [3.05, 3.63) is 0 Å². The van der Waals surface area contributed by atoms with Crippen LogP contribution in [0.2, 0.25) is 0 Å². The number of ether oxygens (including phenoxy) is 1. The van der Waals surface area contributed by atoms with Gasteiger partial charge < -0.3 is 4.74 Å². The normalized spacial score (nSPS) is 51.0. The van der Waals surface area contributed by atoms with Crippen LogP contribution in [0.4, 0.5) is 0 Å². The summed E-state index contributed by atoms with van der Waals surface area (Å²) in [6.45, 7) is 6.46. The molecule has 2 bridgehead atoms. The predicted molar refractivity (Wildman–Crippen MR) is 50.6 cm³/mol. The molecule has 0 aromatic rings. The summed E-state index contributed by atoms with van der Waals surface area (Å²) in [5.41, 5.74) is -0.0278. The smallest absolute Gasteiger partial charge is 0.0824 e. The molecule has 0 aromatic carbocycles. The van der Waals surface area contributed by atoms with Crippen molar-refractivity contribution in [1.29, 1.82) is 0 Å². The summed E-state index contributed by atoms with van der Waals surface area (Å²) in [6.07, 6.45) is 4.47. The van der Waals surface area contributed by atoms with Crippen LogP contribution < -0.4 is 0 Å². The van der Waals surface area contributed by atoms with Crippen LogP contribution in [-0.4, -0.2) is 16.1 Å². The van der Waals surface area contributed by atoms with Gasteiger partial charge in [-0.2, -0.15) is 0 Å². The van der Waals surface area contributed by atoms with Crippen molar-refractivity contribution in [2.75, 3.05) is 0 Å². The van der Waals surface area contributed by atoms with Gasteiger partial charge in [0.25, 0.3) is 0 Å². The fourth-order valence-corrected chi connectivity index (χ4v) is 2.81. The zero-order valence-electron chi connectivity index (χ0n) is 8.11. The lowest BCUT2D eigenvalue weighted by molar-refractivity contribution is -0.219. The SMILES string of the molecule is CC12CCC(Cl)(CC1)C(C)(C)O2. The van der Waals surface area contributed by atoms with E-state index < -0.39 is 0 Å². The molecule has 2 saturated heterocycles. The van der Waals surface area contributed by atoms with Gasteiger partial charge in [0.15, 0.2) is 0 Å². The number of alkyl halides is 1. The molecule has 0 radical (unpaired) electrons. The molecule has 0 unspecified atom stereocenters. The first-order valence-electron chi connectivity index (χ1n) is 4.76. The molecule has 1 aliphatic carbocycles. The van der Waals surface area contributed by atoms with Gasteiger partial charge in [0.1, 0.15) is 0 Å². The number of hydrogen-bond acceptors (Lipinski definition) is 1. The highest BCUT2D eigenvalue weighted by Gasteiger charge is 2.57. The van der Waals surface area contributed by atoms with Gasteiger partial charge in [0.2, 0.25) is 0 Å². The molecular weight excluding hydrogens is 172 g/mol. The van der Waals surface area contributed by atoms with Crippen molar-refractivity contribution >= 4 is 11.6 Å². The third-order valence-electron chi connectivity index (χ3n) is 3.68. The summed E-state index contributed by atoms with van der Waals surface area (Å²) in [4.78, 5) is -0.0925. The molecular formula is C10H17ClO. The Morgan fingerprint density at radius 1 is 1.00 bits per heavy atom. The summed E-state index contributed by atoms with van der Waals surface area (Å²) in [5, 5.41) is 0. The van der Waals surface area contributed by atoms with E-state index in [1.54, 1.807) is 0 Å². The van der Waals surface area contributed by atoms with Crippen LogP contribution in [0.3, 0.4) is 0 Å². The van der Waals surface area contributed by atoms with Crippen LogP contribution in [0.25, 0.3) is 0 Å². The quantitative estimate of drug-likeness (QED) is 0.531. The molecule has 2 heterocycles. The Kier molecular flexibility index (Phi) is 1.61. The van der Waals surface area contributed by atoms with E-state index >= 15 is 0 Å². The first-order valence-corrected chi connectivity index (χ1v) is 5.14. The van der Waals surface area contributed by atoms with Crippen LogP contribution in [0, 0.1) is 0 Å². The third kappa shape index (κ3) is 1.03. The first kappa shape index (κ1) is 8.83. The molecule has 0 atom stereocenters. The monoisotopic (exact) mass is 188 g/mol. The second-order valence-electron chi connectivity index (χ2n) is 5.03. The van der Waals surface area contributed by atoms with E-state index in [9.17, 15) is 0 Å². The van der Waals surface area contributed by atoms with Crippen molar-refractivity contribution in [2.45, 2.75) is 62.5 Å². The van der Waals surface area contributed by atoms with Gasteiger partial charge in [0.05, 0.1) is 16.1 Å². The summed E-state index contributed by atoms with van der Waals surface area (Å²) in [5.74, 6) is 0. The maximum atomic E-state index is 6.53. The van der Waals surface area contributed by atoms with E-state index in [1.807, 2.05) is 0 Å². The standard InChI is InChI=1S/C10H17ClO/c1-8(2)10(11)6-4-9(3,12-8)5-7-10/h4-7H2,1-3H3. The molecule has 0 amide bonds. The zero-order chi connectivity index (χ0) is 9.04. The minimum Gasteiger partial charge on any atom is -0.368 e. The third-order valence-corrected chi connectivity index (χ3v) is 4.51. The van der Waals surface area contributed by atoms with Crippen molar-refractivity contribution in [2.24, 2.45) is 0 Å². The van der Waals surface area contributed by atoms with Gasteiger partial charge in [-0.15, -0.1) is 11.6 Å². The summed E-state index contributed by atoms with van der Waals surface area (Å²) in [7, 11) is 0. The highest BCUT2D eigenvalue weighted by atomic mass is 35.5. The highest BCUT2D eigenvalue weighted by Crippen LogP contribution is 2.55. The fourth-order valence-electron chi connectivity index (χ4n) is 2.59.